The van der Waals surface area contributed by atoms with Crippen molar-refractivity contribution in [2.75, 3.05) is 4.90 Å². The molecule has 0 amide bonds. The van der Waals surface area contributed by atoms with Gasteiger partial charge in [-0.25, -0.2) is 8.78 Å². The van der Waals surface area contributed by atoms with Crippen molar-refractivity contribution in [1.82, 2.24) is 0 Å². The maximum absolute atomic E-state index is 15.7. The van der Waals surface area contributed by atoms with Gasteiger partial charge < -0.3 is 14.4 Å². The van der Waals surface area contributed by atoms with Crippen molar-refractivity contribution in [1.29, 1.82) is 0 Å². The summed E-state index contributed by atoms with van der Waals surface area (Å²) in [6.07, 6.45) is 3.63. The van der Waals surface area contributed by atoms with Crippen LogP contribution in [-0.2, 0) is 10.8 Å². The van der Waals surface area contributed by atoms with Crippen LogP contribution in [0.4, 0.5) is 25.8 Å². The van der Waals surface area contributed by atoms with Gasteiger partial charge in [-0.3, -0.25) is 0 Å². The largest absolute Gasteiger partial charge is 0.457 e. The Kier molecular flexibility index (Phi) is 14.2. The third kappa shape index (κ3) is 9.65. The van der Waals surface area contributed by atoms with Crippen LogP contribution in [0.3, 0.4) is 0 Å². The van der Waals surface area contributed by atoms with Crippen LogP contribution in [0.2, 0.25) is 0 Å². The number of rotatable bonds is 15. The molecule has 0 heterocycles. The van der Waals surface area contributed by atoms with E-state index in [9.17, 15) is 0 Å². The first-order valence-electron chi connectivity index (χ1n) is 30.7. The van der Waals surface area contributed by atoms with Gasteiger partial charge in [0.05, 0.1) is 10.8 Å². The van der Waals surface area contributed by atoms with Crippen molar-refractivity contribution in [2.45, 2.75) is 24.7 Å². The van der Waals surface area contributed by atoms with E-state index in [0.717, 1.165) is 117 Å². The van der Waals surface area contributed by atoms with Gasteiger partial charge in [-0.05, 0) is 228 Å². The average molecular weight is 1180 g/mol. The zero-order valence-electron chi connectivity index (χ0n) is 50.4. The molecule has 0 aromatic heterocycles. The molecule has 436 valence electrons. The lowest BCUT2D eigenvalue weighted by molar-refractivity contribution is 0.482. The zero-order chi connectivity index (χ0) is 61.8. The summed E-state index contributed by atoms with van der Waals surface area (Å²) in [6, 6.07) is 103. The quantitative estimate of drug-likeness (QED) is 0.102. The first-order chi connectivity index (χ1) is 44.6. The van der Waals surface area contributed by atoms with Gasteiger partial charge in [-0.1, -0.05) is 219 Å². The highest BCUT2D eigenvalue weighted by Gasteiger charge is 2.49. The van der Waals surface area contributed by atoms with Crippen molar-refractivity contribution < 1.29 is 18.3 Å². The fourth-order valence-electron chi connectivity index (χ4n) is 14.1. The minimum absolute atomic E-state index is 0.267. The third-order valence-electron chi connectivity index (χ3n) is 18.5. The number of ether oxygens (including phenoxy) is 2. The molecule has 15 rings (SSSR count). The predicted octanol–water partition coefficient (Wildman–Crippen LogP) is 23.0. The summed E-state index contributed by atoms with van der Waals surface area (Å²) in [6.45, 7) is 11.5. The molecule has 3 nitrogen and oxygen atoms in total. The van der Waals surface area contributed by atoms with Gasteiger partial charge in [0.25, 0.3) is 0 Å². The molecular weight excluding hydrogens is 1120 g/mol. The van der Waals surface area contributed by atoms with Crippen LogP contribution in [0.15, 0.2) is 310 Å². The standard InChI is InChI=1S/C86H61F2NO2/c1-5-58-23-39-71(40-24-58)90-73-43-29-64(30-44-73)85(66-33-49-83(87)56(3)51-66)79-21-12-10-19-75(79)77-47-37-69(54-81(77)85)89(68-35-27-61(28-36-68)63-18-14-17-62(53-63)60-15-8-7-9-16-60)70-38-48-78-76-20-11-13-22-80(76)86(82(78)55-70,67-34-50-84(88)57(4)52-67)65-31-45-74(46-32-65)91-72-41-25-59(6-2)26-42-72/h5-55H,1-2H2,3-4H3. The summed E-state index contributed by atoms with van der Waals surface area (Å²) in [5.74, 6) is 2.27. The van der Waals surface area contributed by atoms with Crippen LogP contribution < -0.4 is 14.4 Å². The lowest BCUT2D eigenvalue weighted by atomic mass is 9.67. The third-order valence-corrected chi connectivity index (χ3v) is 18.5. The van der Waals surface area contributed by atoms with Crippen molar-refractivity contribution in [3.05, 3.63) is 389 Å². The Morgan fingerprint density at radius 3 is 1.10 bits per heavy atom. The first kappa shape index (κ1) is 56.1. The number of hydrogen-bond acceptors (Lipinski definition) is 3. The number of halogens is 2. The topological polar surface area (TPSA) is 21.7 Å². The van der Waals surface area contributed by atoms with Gasteiger partial charge in [-0.2, -0.15) is 0 Å². The first-order valence-corrected chi connectivity index (χ1v) is 30.7. The average Bonchev–Trinajstić information content (AvgIpc) is 1.58. The monoisotopic (exact) mass is 1180 g/mol. The summed E-state index contributed by atoms with van der Waals surface area (Å²) in [7, 11) is 0. The van der Waals surface area contributed by atoms with E-state index in [1.165, 1.54) is 0 Å². The number of hydrogen-bond donors (Lipinski definition) is 0. The van der Waals surface area contributed by atoms with Crippen molar-refractivity contribution >= 4 is 29.2 Å². The molecule has 0 spiro atoms. The van der Waals surface area contributed by atoms with Crippen LogP contribution in [0.1, 0.15) is 66.8 Å². The molecule has 2 atom stereocenters. The Bertz CT molecular complexity index is 4690. The normalized spacial score (nSPS) is 15.0. The lowest BCUT2D eigenvalue weighted by Crippen LogP contribution is -2.29. The molecule has 0 radical (unpaired) electrons. The summed E-state index contributed by atoms with van der Waals surface area (Å²) in [5, 5.41) is 0. The summed E-state index contributed by atoms with van der Waals surface area (Å²) in [4.78, 5) is 2.36. The molecule has 13 aromatic rings. The molecule has 0 saturated heterocycles. The van der Waals surface area contributed by atoms with Crippen LogP contribution in [0.25, 0.3) is 56.7 Å². The Morgan fingerprint density at radius 2 is 0.670 bits per heavy atom. The van der Waals surface area contributed by atoms with E-state index in [1.807, 2.05) is 129 Å². The molecule has 13 aromatic carbocycles. The van der Waals surface area contributed by atoms with Gasteiger partial charge in [0.1, 0.15) is 34.6 Å². The van der Waals surface area contributed by atoms with Gasteiger partial charge in [0.15, 0.2) is 0 Å². The van der Waals surface area contributed by atoms with Gasteiger partial charge >= 0.3 is 0 Å². The second-order valence-electron chi connectivity index (χ2n) is 23.6. The fraction of sp³-hybridized carbons (Fsp3) is 0.0465. The van der Waals surface area contributed by atoms with E-state index in [0.29, 0.717) is 34.1 Å². The van der Waals surface area contributed by atoms with Gasteiger partial charge in [0.2, 0.25) is 0 Å². The number of anilines is 3. The Labute approximate surface area is 530 Å². The zero-order valence-corrected chi connectivity index (χ0v) is 50.4. The van der Waals surface area contributed by atoms with Crippen molar-refractivity contribution in [3.8, 4) is 67.5 Å². The molecule has 91 heavy (non-hydrogen) atoms. The number of benzene rings is 13. The summed E-state index contributed by atoms with van der Waals surface area (Å²) >= 11 is 0. The molecular formula is C86H61F2NO2. The smallest absolute Gasteiger partial charge is 0.127 e. The minimum atomic E-state index is -0.913. The molecule has 2 aliphatic rings. The van der Waals surface area contributed by atoms with Crippen LogP contribution in [0, 0.1) is 25.5 Å². The molecule has 2 unspecified atom stereocenters. The van der Waals surface area contributed by atoms with E-state index in [4.69, 9.17) is 9.47 Å². The van der Waals surface area contributed by atoms with E-state index >= 15 is 8.78 Å². The second-order valence-corrected chi connectivity index (χ2v) is 23.6. The predicted molar refractivity (Wildman–Crippen MR) is 369 cm³/mol. The van der Waals surface area contributed by atoms with E-state index < -0.39 is 10.8 Å². The van der Waals surface area contributed by atoms with Gasteiger partial charge in [-0.15, -0.1) is 0 Å². The van der Waals surface area contributed by atoms with Crippen LogP contribution >= 0.6 is 0 Å². The summed E-state index contributed by atoms with van der Waals surface area (Å²) in [5.41, 5.74) is 21.0. The van der Waals surface area contributed by atoms with Crippen molar-refractivity contribution in [2.24, 2.45) is 0 Å². The SMILES string of the molecule is C=Cc1ccc(Oc2ccc(C3(c4ccc(F)c(C)c4)c4ccccc4-c4ccc(N(c5ccc(-c6cccc(-c7ccccc7)c6)cc5)c5ccc6c(c5)C(c5ccc(Oc7ccc(C=C)cc7)cc5)(c5ccc(F)c(C)c5)c5ccccc5-6)cc43)cc2)cc1. The molecule has 0 bridgehead atoms. The Morgan fingerprint density at radius 1 is 0.308 bits per heavy atom. The number of fused-ring (bicyclic) bond motifs is 6. The van der Waals surface area contributed by atoms with E-state index in [1.54, 1.807) is 12.1 Å². The second kappa shape index (κ2) is 23.0. The molecule has 0 saturated carbocycles. The van der Waals surface area contributed by atoms with Crippen molar-refractivity contribution in [3.63, 3.8) is 0 Å². The van der Waals surface area contributed by atoms with Gasteiger partial charge in [0, 0.05) is 17.1 Å². The van der Waals surface area contributed by atoms with Crippen LogP contribution in [-0.4, -0.2) is 0 Å². The molecule has 0 N–H and O–H groups in total. The highest BCUT2D eigenvalue weighted by molar-refractivity contribution is 5.93. The Balaban J connectivity index is 0.940. The molecule has 0 fully saturated rings. The summed E-state index contributed by atoms with van der Waals surface area (Å²) < 4.78 is 44.4. The lowest BCUT2D eigenvalue weighted by Gasteiger charge is -2.36. The molecule has 2 aliphatic carbocycles. The Hall–Kier alpha value is -11.4. The highest BCUT2D eigenvalue weighted by Crippen LogP contribution is 2.60. The van der Waals surface area contributed by atoms with E-state index in [-0.39, 0.29) is 11.6 Å². The molecule has 0 aliphatic heterocycles. The number of aryl methyl sites for hydroxylation is 2. The maximum atomic E-state index is 15.7. The molecule has 5 heteroatoms. The number of nitrogens with zero attached hydrogens (tertiary/aromatic N) is 1. The fourth-order valence-corrected chi connectivity index (χ4v) is 14.1. The van der Waals surface area contributed by atoms with E-state index in [2.05, 4.69) is 200 Å². The van der Waals surface area contributed by atoms with Crippen LogP contribution in [0.5, 0.6) is 23.0 Å². The maximum Gasteiger partial charge on any atom is 0.127 e. The highest BCUT2D eigenvalue weighted by atomic mass is 19.1. The minimum Gasteiger partial charge on any atom is -0.457 e.